The number of rotatable bonds is 18. The Bertz CT molecular complexity index is 267. The Morgan fingerprint density at radius 1 is 0.760 bits per heavy atom. The Balaban J connectivity index is 4.07. The van der Waals surface area contributed by atoms with E-state index >= 15 is 0 Å². The molecule has 0 spiro atoms. The zero-order valence-electron chi connectivity index (χ0n) is 18.6. The minimum Gasteiger partial charge on any atom is -0.317 e. The lowest BCUT2D eigenvalue weighted by atomic mass is 9.84. The third-order valence-electron chi connectivity index (χ3n) is 5.71. The van der Waals surface area contributed by atoms with E-state index in [-0.39, 0.29) is 0 Å². The van der Waals surface area contributed by atoms with Gasteiger partial charge in [0.1, 0.15) is 0 Å². The Morgan fingerprint density at radius 3 is 2.12 bits per heavy atom. The van der Waals surface area contributed by atoms with Crippen LogP contribution >= 0.6 is 0 Å². The van der Waals surface area contributed by atoms with Gasteiger partial charge in [-0.1, -0.05) is 54.4 Å². The molecule has 152 valence electrons. The largest absolute Gasteiger partial charge is 0.317 e. The van der Waals surface area contributed by atoms with Crippen molar-refractivity contribution in [2.45, 2.75) is 99.3 Å². The molecule has 0 aliphatic heterocycles. The quantitative estimate of drug-likeness (QED) is 0.288. The van der Waals surface area contributed by atoms with Crippen LogP contribution in [0.15, 0.2) is 0 Å². The van der Waals surface area contributed by atoms with E-state index in [2.05, 4.69) is 51.8 Å². The second-order valence-electron chi connectivity index (χ2n) is 8.37. The molecule has 0 amide bonds. The van der Waals surface area contributed by atoms with Crippen LogP contribution in [0.2, 0.25) is 0 Å². The summed E-state index contributed by atoms with van der Waals surface area (Å²) in [6, 6.07) is 0. The van der Waals surface area contributed by atoms with Gasteiger partial charge < -0.3 is 10.2 Å². The molecule has 0 bridgehead atoms. The van der Waals surface area contributed by atoms with Crippen LogP contribution in [0.1, 0.15) is 99.3 Å². The number of hydrogen-bond acceptors (Lipinski definition) is 2. The monoisotopic (exact) mass is 354 g/mol. The Hall–Kier alpha value is -0.0800. The van der Waals surface area contributed by atoms with E-state index in [1.54, 1.807) is 0 Å². The fraction of sp³-hybridized carbons (Fsp3) is 1.00. The molecule has 2 nitrogen and oxygen atoms in total. The second-order valence-corrected chi connectivity index (χ2v) is 8.37. The second kappa shape index (κ2) is 17.3. The van der Waals surface area contributed by atoms with Crippen LogP contribution in [0.5, 0.6) is 0 Å². The summed E-state index contributed by atoms with van der Waals surface area (Å²) in [5.74, 6) is 2.66. The Morgan fingerprint density at radius 2 is 1.52 bits per heavy atom. The first-order valence-electron chi connectivity index (χ1n) is 11.5. The molecule has 0 saturated carbocycles. The van der Waals surface area contributed by atoms with Crippen molar-refractivity contribution >= 4 is 0 Å². The van der Waals surface area contributed by atoms with Gasteiger partial charge >= 0.3 is 0 Å². The average molecular weight is 355 g/mol. The first kappa shape index (κ1) is 24.9. The van der Waals surface area contributed by atoms with Gasteiger partial charge in [0, 0.05) is 6.54 Å². The summed E-state index contributed by atoms with van der Waals surface area (Å²) in [6.45, 7) is 20.5. The molecule has 0 aromatic heterocycles. The van der Waals surface area contributed by atoms with Gasteiger partial charge in [0.15, 0.2) is 0 Å². The summed E-state index contributed by atoms with van der Waals surface area (Å²) in [5.41, 5.74) is 0. The fourth-order valence-electron chi connectivity index (χ4n) is 4.19. The van der Waals surface area contributed by atoms with Crippen molar-refractivity contribution in [3.8, 4) is 0 Å². The van der Waals surface area contributed by atoms with Gasteiger partial charge in [-0.15, -0.1) is 0 Å². The summed E-state index contributed by atoms with van der Waals surface area (Å²) in [6.07, 6.45) is 12.1. The third-order valence-corrected chi connectivity index (χ3v) is 5.71. The van der Waals surface area contributed by atoms with Gasteiger partial charge in [-0.25, -0.2) is 0 Å². The molecule has 0 rings (SSSR count). The smallest absolute Gasteiger partial charge is 0.000701 e. The van der Waals surface area contributed by atoms with Crippen LogP contribution < -0.4 is 5.32 Å². The van der Waals surface area contributed by atoms with Crippen molar-refractivity contribution in [2.24, 2.45) is 17.8 Å². The molecule has 0 heterocycles. The maximum absolute atomic E-state index is 3.54. The van der Waals surface area contributed by atoms with Crippen molar-refractivity contribution in [1.82, 2.24) is 10.2 Å². The van der Waals surface area contributed by atoms with Crippen LogP contribution in [0.4, 0.5) is 0 Å². The van der Waals surface area contributed by atoms with Gasteiger partial charge in [-0.2, -0.15) is 0 Å². The highest BCUT2D eigenvalue weighted by atomic mass is 15.1. The Kier molecular flexibility index (Phi) is 17.3. The summed E-state index contributed by atoms with van der Waals surface area (Å²) in [5, 5.41) is 3.54. The van der Waals surface area contributed by atoms with Crippen molar-refractivity contribution in [3.63, 3.8) is 0 Å². The van der Waals surface area contributed by atoms with Crippen LogP contribution in [0.3, 0.4) is 0 Å². The molecule has 2 heteroatoms. The molecular formula is C23H50N2. The molecule has 1 N–H and O–H groups in total. The molecule has 0 radical (unpaired) electrons. The van der Waals surface area contributed by atoms with Gasteiger partial charge in [-0.3, -0.25) is 0 Å². The minimum atomic E-state index is 0.855. The van der Waals surface area contributed by atoms with Crippen molar-refractivity contribution in [3.05, 3.63) is 0 Å². The molecule has 0 aliphatic carbocycles. The SMILES string of the molecule is CCCNCCC[C@H](C)C(CC)CCCN(CCC)CC(C)CCC. The number of hydrogen-bond donors (Lipinski definition) is 1. The highest BCUT2D eigenvalue weighted by Crippen LogP contribution is 2.25. The van der Waals surface area contributed by atoms with E-state index in [1.807, 2.05) is 0 Å². The topological polar surface area (TPSA) is 15.3 Å². The van der Waals surface area contributed by atoms with Gasteiger partial charge in [-0.05, 0) is 88.9 Å². The summed E-state index contributed by atoms with van der Waals surface area (Å²) in [4.78, 5) is 2.73. The van der Waals surface area contributed by atoms with E-state index in [9.17, 15) is 0 Å². The van der Waals surface area contributed by atoms with Gasteiger partial charge in [0.25, 0.3) is 0 Å². The zero-order chi connectivity index (χ0) is 18.9. The standard InChI is InChI=1S/C23H50N2/c1-7-13-21(5)20-25(18-9-3)19-12-15-23(10-4)22(6)14-11-17-24-16-8-2/h21-24H,7-20H2,1-6H3/t21?,22-,23?/m0/s1. The first-order valence-corrected chi connectivity index (χ1v) is 11.5. The van der Waals surface area contributed by atoms with Crippen molar-refractivity contribution in [2.75, 3.05) is 32.7 Å². The molecule has 2 unspecified atom stereocenters. The third kappa shape index (κ3) is 13.7. The molecule has 0 aromatic rings. The lowest BCUT2D eigenvalue weighted by molar-refractivity contribution is 0.212. The predicted molar refractivity (Wildman–Crippen MR) is 115 cm³/mol. The van der Waals surface area contributed by atoms with E-state index in [1.165, 1.54) is 90.5 Å². The predicted octanol–water partition coefficient (Wildman–Crippen LogP) is 6.36. The minimum absolute atomic E-state index is 0.855. The first-order chi connectivity index (χ1) is 12.1. The molecule has 0 saturated heterocycles. The molecule has 0 aliphatic rings. The lowest BCUT2D eigenvalue weighted by Crippen LogP contribution is -2.31. The molecule has 3 atom stereocenters. The van der Waals surface area contributed by atoms with Crippen LogP contribution in [0.25, 0.3) is 0 Å². The maximum atomic E-state index is 3.54. The van der Waals surface area contributed by atoms with Crippen LogP contribution in [-0.4, -0.2) is 37.6 Å². The highest BCUT2D eigenvalue weighted by molar-refractivity contribution is 4.69. The molecule has 0 aromatic carbocycles. The summed E-state index contributed by atoms with van der Waals surface area (Å²) in [7, 11) is 0. The van der Waals surface area contributed by atoms with E-state index in [0.717, 1.165) is 17.8 Å². The fourth-order valence-corrected chi connectivity index (χ4v) is 4.19. The maximum Gasteiger partial charge on any atom is 0.000701 e. The Labute approximate surface area is 160 Å². The average Bonchev–Trinajstić information content (AvgIpc) is 2.58. The van der Waals surface area contributed by atoms with Crippen molar-refractivity contribution < 1.29 is 0 Å². The van der Waals surface area contributed by atoms with Gasteiger partial charge in [0.2, 0.25) is 0 Å². The highest BCUT2D eigenvalue weighted by Gasteiger charge is 2.16. The van der Waals surface area contributed by atoms with Crippen LogP contribution in [0, 0.1) is 17.8 Å². The summed E-state index contributed by atoms with van der Waals surface area (Å²) >= 11 is 0. The van der Waals surface area contributed by atoms with Gasteiger partial charge in [0.05, 0.1) is 0 Å². The zero-order valence-corrected chi connectivity index (χ0v) is 18.6. The molecule has 25 heavy (non-hydrogen) atoms. The number of nitrogens with zero attached hydrogens (tertiary/aromatic N) is 1. The number of nitrogens with one attached hydrogen (secondary N) is 1. The molecular weight excluding hydrogens is 304 g/mol. The van der Waals surface area contributed by atoms with Crippen molar-refractivity contribution in [1.29, 1.82) is 0 Å². The molecule has 0 fully saturated rings. The van der Waals surface area contributed by atoms with E-state index in [0.29, 0.717) is 0 Å². The lowest BCUT2D eigenvalue weighted by Gasteiger charge is -2.27. The van der Waals surface area contributed by atoms with Crippen LogP contribution in [-0.2, 0) is 0 Å². The normalized spacial score (nSPS) is 15.5. The van der Waals surface area contributed by atoms with E-state index < -0.39 is 0 Å². The van der Waals surface area contributed by atoms with E-state index in [4.69, 9.17) is 0 Å². The summed E-state index contributed by atoms with van der Waals surface area (Å²) < 4.78 is 0.